The number of fused-ring (bicyclic) bond motifs is 1. The van der Waals surface area contributed by atoms with E-state index < -0.39 is 0 Å². The molecular weight excluding hydrogens is 158 g/mol. The van der Waals surface area contributed by atoms with Gasteiger partial charge >= 0.3 is 0 Å². The van der Waals surface area contributed by atoms with Crippen LogP contribution in [0.3, 0.4) is 0 Å². The van der Waals surface area contributed by atoms with Gasteiger partial charge < -0.3 is 5.32 Å². The van der Waals surface area contributed by atoms with Gasteiger partial charge in [0.25, 0.3) is 0 Å². The molecule has 1 nitrogen and oxygen atoms in total. The fourth-order valence-corrected chi connectivity index (χ4v) is 1.96. The number of nitrogens with one attached hydrogen (secondary N) is 1. The maximum Gasteiger partial charge on any atom is 0.0384 e. The summed E-state index contributed by atoms with van der Waals surface area (Å²) in [5.74, 6) is 0. The number of benzene rings is 1. The molecule has 13 heavy (non-hydrogen) atoms. The van der Waals surface area contributed by atoms with Crippen molar-refractivity contribution >= 4 is 5.69 Å². The van der Waals surface area contributed by atoms with Crippen molar-refractivity contribution in [2.45, 2.75) is 39.2 Å². The average Bonchev–Trinajstić information content (AvgIpc) is 2.42. The summed E-state index contributed by atoms with van der Waals surface area (Å²) in [6.07, 6.45) is 2.35. The molecule has 0 radical (unpaired) electrons. The van der Waals surface area contributed by atoms with Gasteiger partial charge in [-0.25, -0.2) is 0 Å². The van der Waals surface area contributed by atoms with Crippen molar-refractivity contribution in [3.63, 3.8) is 0 Å². The zero-order valence-electron chi connectivity index (χ0n) is 8.65. The molecule has 1 aliphatic rings. The van der Waals surface area contributed by atoms with Crippen LogP contribution in [0.15, 0.2) is 18.2 Å². The minimum absolute atomic E-state index is 0.288. The summed E-state index contributed by atoms with van der Waals surface area (Å²) in [7, 11) is 0. The Labute approximate surface area is 80.2 Å². The van der Waals surface area contributed by atoms with Gasteiger partial charge in [-0.2, -0.15) is 0 Å². The Morgan fingerprint density at radius 2 is 2.23 bits per heavy atom. The molecule has 1 heteroatoms. The molecule has 1 heterocycles. The molecule has 2 rings (SSSR count). The first-order chi connectivity index (χ1) is 6.13. The first-order valence-corrected chi connectivity index (χ1v) is 5.01. The molecule has 1 atom stereocenters. The molecule has 0 aliphatic carbocycles. The summed E-state index contributed by atoms with van der Waals surface area (Å²) in [6, 6.07) is 6.69. The molecule has 0 saturated heterocycles. The van der Waals surface area contributed by atoms with Crippen molar-refractivity contribution in [2.75, 3.05) is 5.32 Å². The Balaban J connectivity index is 2.35. The van der Waals surface area contributed by atoms with Crippen LogP contribution in [0.1, 0.15) is 31.4 Å². The van der Waals surface area contributed by atoms with E-state index in [1.807, 2.05) is 0 Å². The zero-order chi connectivity index (χ0) is 9.47. The third-order valence-electron chi connectivity index (χ3n) is 3.06. The van der Waals surface area contributed by atoms with Crippen LogP contribution in [0.25, 0.3) is 0 Å². The van der Waals surface area contributed by atoms with Crippen LogP contribution in [-0.4, -0.2) is 5.54 Å². The summed E-state index contributed by atoms with van der Waals surface area (Å²) in [5.41, 5.74) is 4.43. The van der Waals surface area contributed by atoms with E-state index in [4.69, 9.17) is 0 Å². The van der Waals surface area contributed by atoms with E-state index in [2.05, 4.69) is 44.3 Å². The maximum atomic E-state index is 3.60. The second-order valence-corrected chi connectivity index (χ2v) is 4.38. The molecule has 1 aliphatic heterocycles. The van der Waals surface area contributed by atoms with Gasteiger partial charge in [0.15, 0.2) is 0 Å². The van der Waals surface area contributed by atoms with Crippen molar-refractivity contribution < 1.29 is 0 Å². The van der Waals surface area contributed by atoms with Gasteiger partial charge in [-0.15, -0.1) is 0 Å². The lowest BCUT2D eigenvalue weighted by Crippen LogP contribution is -2.30. The molecule has 1 aromatic rings. The van der Waals surface area contributed by atoms with Crippen LogP contribution in [0.2, 0.25) is 0 Å². The fraction of sp³-hybridized carbons (Fsp3) is 0.500. The van der Waals surface area contributed by atoms with Crippen molar-refractivity contribution in [3.8, 4) is 0 Å². The molecule has 0 amide bonds. The van der Waals surface area contributed by atoms with E-state index in [1.54, 1.807) is 0 Å². The van der Waals surface area contributed by atoms with Crippen LogP contribution in [0.5, 0.6) is 0 Å². The largest absolute Gasteiger partial charge is 0.379 e. The number of aryl methyl sites for hydroxylation is 1. The van der Waals surface area contributed by atoms with E-state index in [9.17, 15) is 0 Å². The van der Waals surface area contributed by atoms with E-state index >= 15 is 0 Å². The summed E-state index contributed by atoms with van der Waals surface area (Å²) in [6.45, 7) is 6.68. The summed E-state index contributed by atoms with van der Waals surface area (Å²) < 4.78 is 0. The highest BCUT2D eigenvalue weighted by Crippen LogP contribution is 2.34. The Kier molecular flexibility index (Phi) is 1.83. The van der Waals surface area contributed by atoms with E-state index in [-0.39, 0.29) is 5.54 Å². The second kappa shape index (κ2) is 2.76. The van der Waals surface area contributed by atoms with Crippen LogP contribution in [0, 0.1) is 6.92 Å². The zero-order valence-corrected chi connectivity index (χ0v) is 8.65. The standard InChI is InChI=1S/C12H17N/c1-4-12(3)8-10-6-5-9(2)7-11(10)13-12/h5-7,13H,4,8H2,1-3H3. The number of rotatable bonds is 1. The van der Waals surface area contributed by atoms with Crippen molar-refractivity contribution in [3.05, 3.63) is 29.3 Å². The highest BCUT2D eigenvalue weighted by Gasteiger charge is 2.29. The first-order valence-electron chi connectivity index (χ1n) is 5.01. The van der Waals surface area contributed by atoms with Gasteiger partial charge in [-0.3, -0.25) is 0 Å². The third-order valence-corrected chi connectivity index (χ3v) is 3.06. The van der Waals surface area contributed by atoms with Crippen LogP contribution >= 0.6 is 0 Å². The Bertz CT molecular complexity index is 330. The van der Waals surface area contributed by atoms with Gasteiger partial charge in [0.05, 0.1) is 0 Å². The lowest BCUT2D eigenvalue weighted by atomic mass is 9.95. The van der Waals surface area contributed by atoms with E-state index in [0.717, 1.165) is 0 Å². The molecule has 0 saturated carbocycles. The highest BCUT2D eigenvalue weighted by atomic mass is 15.0. The monoisotopic (exact) mass is 175 g/mol. The lowest BCUT2D eigenvalue weighted by molar-refractivity contribution is 0.515. The van der Waals surface area contributed by atoms with Crippen LogP contribution < -0.4 is 5.32 Å². The van der Waals surface area contributed by atoms with Gasteiger partial charge in [0.1, 0.15) is 0 Å². The molecule has 1 unspecified atom stereocenters. The molecule has 1 aromatic carbocycles. The molecule has 1 N–H and O–H groups in total. The highest BCUT2D eigenvalue weighted by molar-refractivity contribution is 5.59. The number of hydrogen-bond acceptors (Lipinski definition) is 1. The van der Waals surface area contributed by atoms with Gasteiger partial charge in [-0.1, -0.05) is 19.1 Å². The SMILES string of the molecule is CCC1(C)Cc2ccc(C)cc2N1. The van der Waals surface area contributed by atoms with Crippen LogP contribution in [0.4, 0.5) is 5.69 Å². The summed E-state index contributed by atoms with van der Waals surface area (Å²) in [5, 5.41) is 3.60. The molecule has 0 fully saturated rings. The molecule has 70 valence electrons. The van der Waals surface area contributed by atoms with Gasteiger partial charge in [0.2, 0.25) is 0 Å². The minimum Gasteiger partial charge on any atom is -0.379 e. The predicted octanol–water partition coefficient (Wildman–Crippen LogP) is 3.13. The number of hydrogen-bond donors (Lipinski definition) is 1. The Hall–Kier alpha value is -0.980. The molecular formula is C12H17N. The topological polar surface area (TPSA) is 12.0 Å². The molecule has 0 spiro atoms. The maximum absolute atomic E-state index is 3.60. The summed E-state index contributed by atoms with van der Waals surface area (Å²) >= 11 is 0. The Morgan fingerprint density at radius 3 is 2.92 bits per heavy atom. The lowest BCUT2D eigenvalue weighted by Gasteiger charge is -2.22. The second-order valence-electron chi connectivity index (χ2n) is 4.38. The summed E-state index contributed by atoms with van der Waals surface area (Å²) in [4.78, 5) is 0. The van der Waals surface area contributed by atoms with Gasteiger partial charge in [0, 0.05) is 11.2 Å². The normalized spacial score (nSPS) is 25.5. The molecule has 0 bridgehead atoms. The smallest absolute Gasteiger partial charge is 0.0384 e. The predicted molar refractivity (Wildman–Crippen MR) is 57.2 cm³/mol. The van der Waals surface area contributed by atoms with Gasteiger partial charge in [-0.05, 0) is 43.9 Å². The Morgan fingerprint density at radius 1 is 1.46 bits per heavy atom. The first kappa shape index (κ1) is 8.61. The fourth-order valence-electron chi connectivity index (χ4n) is 1.96. The minimum atomic E-state index is 0.288. The average molecular weight is 175 g/mol. The van der Waals surface area contributed by atoms with E-state index in [0.29, 0.717) is 0 Å². The van der Waals surface area contributed by atoms with Crippen molar-refractivity contribution in [1.82, 2.24) is 0 Å². The van der Waals surface area contributed by atoms with Crippen LogP contribution in [-0.2, 0) is 6.42 Å². The van der Waals surface area contributed by atoms with E-state index in [1.165, 1.54) is 29.7 Å². The number of anilines is 1. The third kappa shape index (κ3) is 1.43. The molecule has 0 aromatic heterocycles. The van der Waals surface area contributed by atoms with Crippen molar-refractivity contribution in [2.24, 2.45) is 0 Å². The quantitative estimate of drug-likeness (QED) is 0.691. The van der Waals surface area contributed by atoms with Crippen molar-refractivity contribution in [1.29, 1.82) is 0 Å².